The Bertz CT molecular complexity index is 718. The van der Waals surface area contributed by atoms with Crippen LogP contribution in [0.1, 0.15) is 15.9 Å². The lowest BCUT2D eigenvalue weighted by atomic mass is 10.2. The molecule has 0 aliphatic carbocycles. The molecule has 23 heavy (non-hydrogen) atoms. The second-order valence-corrected chi connectivity index (χ2v) is 5.98. The summed E-state index contributed by atoms with van der Waals surface area (Å²) < 4.78 is 7.67. The molecule has 2 aromatic heterocycles. The Hall–Kier alpha value is -2.12. The van der Waals surface area contributed by atoms with Gasteiger partial charge in [0.2, 0.25) is 5.91 Å². The molecule has 122 valence electrons. The zero-order chi connectivity index (χ0) is 16.4. The van der Waals surface area contributed by atoms with Crippen molar-refractivity contribution in [2.75, 3.05) is 24.6 Å². The van der Waals surface area contributed by atoms with Crippen LogP contribution in [0, 0.1) is 6.92 Å². The molecule has 1 unspecified atom stereocenters. The van der Waals surface area contributed by atoms with Gasteiger partial charge in [0.25, 0.3) is 0 Å². The van der Waals surface area contributed by atoms with Crippen molar-refractivity contribution in [2.45, 2.75) is 19.6 Å². The van der Waals surface area contributed by atoms with Gasteiger partial charge in [0.15, 0.2) is 0 Å². The van der Waals surface area contributed by atoms with Crippen molar-refractivity contribution in [3.63, 3.8) is 0 Å². The summed E-state index contributed by atoms with van der Waals surface area (Å²) in [6.45, 7) is 4.60. The molecule has 1 amide bonds. The van der Waals surface area contributed by atoms with Gasteiger partial charge in [0, 0.05) is 25.5 Å². The monoisotopic (exact) mass is 335 g/mol. The summed E-state index contributed by atoms with van der Waals surface area (Å²) in [5.41, 5.74) is 6.66. The van der Waals surface area contributed by atoms with Crippen LogP contribution in [-0.2, 0) is 11.3 Å². The predicted molar refractivity (Wildman–Crippen MR) is 86.7 cm³/mol. The normalized spacial score (nSPS) is 18.2. The fraction of sp³-hybridized carbons (Fsp3) is 0.400. The van der Waals surface area contributed by atoms with Gasteiger partial charge in [-0.15, -0.1) is 0 Å². The molecule has 1 aliphatic rings. The lowest BCUT2D eigenvalue weighted by Crippen LogP contribution is -2.44. The third kappa shape index (κ3) is 3.62. The van der Waals surface area contributed by atoms with Gasteiger partial charge in [-0.05, 0) is 18.6 Å². The van der Waals surface area contributed by atoms with E-state index >= 15 is 0 Å². The maximum atomic E-state index is 11.2. The number of pyridine rings is 1. The highest BCUT2D eigenvalue weighted by molar-refractivity contribution is 6.33. The van der Waals surface area contributed by atoms with Crippen molar-refractivity contribution in [1.29, 1.82) is 0 Å². The lowest BCUT2D eigenvalue weighted by Gasteiger charge is -2.34. The number of nitrogens with two attached hydrogens (primary N) is 1. The van der Waals surface area contributed by atoms with Crippen molar-refractivity contribution in [3.05, 3.63) is 40.8 Å². The molecule has 1 aliphatic heterocycles. The van der Waals surface area contributed by atoms with Crippen LogP contribution in [0.5, 0.6) is 0 Å². The van der Waals surface area contributed by atoms with E-state index in [0.29, 0.717) is 42.6 Å². The number of nitrogens with zero attached hydrogens (tertiary/aromatic N) is 4. The average Bonchev–Trinajstić information content (AvgIpc) is 2.92. The van der Waals surface area contributed by atoms with Crippen LogP contribution in [0.4, 0.5) is 5.82 Å². The molecule has 0 saturated carbocycles. The van der Waals surface area contributed by atoms with Crippen LogP contribution in [0.2, 0.25) is 5.02 Å². The van der Waals surface area contributed by atoms with E-state index in [1.165, 1.54) is 6.20 Å². The smallest absolute Gasteiger partial charge is 0.250 e. The summed E-state index contributed by atoms with van der Waals surface area (Å²) in [5.74, 6) is 0.0986. The van der Waals surface area contributed by atoms with Crippen molar-refractivity contribution in [3.8, 4) is 0 Å². The molecule has 2 N–H and O–H groups in total. The Kier molecular flexibility index (Phi) is 4.49. The first-order chi connectivity index (χ1) is 11.0. The maximum absolute atomic E-state index is 11.2. The molecular weight excluding hydrogens is 318 g/mol. The van der Waals surface area contributed by atoms with Gasteiger partial charge in [-0.2, -0.15) is 5.10 Å². The van der Waals surface area contributed by atoms with E-state index in [1.54, 1.807) is 6.07 Å². The largest absolute Gasteiger partial charge is 0.373 e. The zero-order valence-electron chi connectivity index (χ0n) is 12.8. The summed E-state index contributed by atoms with van der Waals surface area (Å²) in [6.07, 6.45) is 5.25. The molecule has 0 radical (unpaired) electrons. The number of aryl methyl sites for hydroxylation is 1. The Morgan fingerprint density at radius 1 is 1.52 bits per heavy atom. The number of ether oxygens (including phenoxy) is 1. The quantitative estimate of drug-likeness (QED) is 0.908. The third-order valence-corrected chi connectivity index (χ3v) is 3.98. The molecule has 1 saturated heterocycles. The number of halogens is 1. The number of carbonyl (C=O) groups is 1. The van der Waals surface area contributed by atoms with Gasteiger partial charge < -0.3 is 15.4 Å². The van der Waals surface area contributed by atoms with E-state index in [1.807, 2.05) is 24.0 Å². The number of primary amides is 1. The van der Waals surface area contributed by atoms with Gasteiger partial charge in [-0.25, -0.2) is 4.98 Å². The molecule has 2 aromatic rings. The number of hydrogen-bond acceptors (Lipinski definition) is 5. The van der Waals surface area contributed by atoms with E-state index in [0.717, 1.165) is 5.56 Å². The number of morpholine rings is 1. The highest BCUT2D eigenvalue weighted by atomic mass is 35.5. The number of amides is 1. The van der Waals surface area contributed by atoms with Gasteiger partial charge in [0.1, 0.15) is 5.82 Å². The Labute approximate surface area is 139 Å². The van der Waals surface area contributed by atoms with Crippen molar-refractivity contribution >= 4 is 23.3 Å². The SMILES string of the molecule is Cc1cnn(CC2CN(c3ncc(C(N)=O)cc3Cl)CCO2)c1. The minimum absolute atomic E-state index is 0.00302. The third-order valence-electron chi connectivity index (χ3n) is 3.70. The van der Waals surface area contributed by atoms with Gasteiger partial charge in [0.05, 0.1) is 36.0 Å². The fourth-order valence-corrected chi connectivity index (χ4v) is 2.88. The topological polar surface area (TPSA) is 86.3 Å². The summed E-state index contributed by atoms with van der Waals surface area (Å²) in [4.78, 5) is 17.5. The first-order valence-electron chi connectivity index (χ1n) is 7.34. The summed E-state index contributed by atoms with van der Waals surface area (Å²) in [7, 11) is 0. The summed E-state index contributed by atoms with van der Waals surface area (Å²) in [5, 5.41) is 4.70. The summed E-state index contributed by atoms with van der Waals surface area (Å²) >= 11 is 6.25. The van der Waals surface area contributed by atoms with Gasteiger partial charge >= 0.3 is 0 Å². The molecular formula is C15H18ClN5O2. The van der Waals surface area contributed by atoms with Crippen molar-refractivity contribution < 1.29 is 9.53 Å². The molecule has 1 fully saturated rings. The number of hydrogen-bond donors (Lipinski definition) is 1. The number of aromatic nitrogens is 3. The lowest BCUT2D eigenvalue weighted by molar-refractivity contribution is 0.0272. The minimum Gasteiger partial charge on any atom is -0.373 e. The Morgan fingerprint density at radius 2 is 2.35 bits per heavy atom. The standard InChI is InChI=1S/C15H18ClN5O2/c1-10-5-19-21(7-10)9-12-8-20(2-3-23-12)15-13(16)4-11(6-18-15)14(17)22/h4-7,12H,2-3,8-9H2,1H3,(H2,17,22). The Balaban J connectivity index is 1.72. The van der Waals surface area contributed by atoms with Crippen LogP contribution in [0.15, 0.2) is 24.7 Å². The number of anilines is 1. The second kappa shape index (κ2) is 6.55. The molecule has 3 rings (SSSR count). The molecule has 3 heterocycles. The first kappa shape index (κ1) is 15.8. The van der Waals surface area contributed by atoms with E-state index in [4.69, 9.17) is 22.1 Å². The highest BCUT2D eigenvalue weighted by Crippen LogP contribution is 2.26. The van der Waals surface area contributed by atoms with E-state index in [-0.39, 0.29) is 6.10 Å². The van der Waals surface area contributed by atoms with Crippen LogP contribution < -0.4 is 10.6 Å². The minimum atomic E-state index is -0.542. The van der Waals surface area contributed by atoms with Gasteiger partial charge in [-0.3, -0.25) is 9.48 Å². The van der Waals surface area contributed by atoms with Crippen LogP contribution in [0.3, 0.4) is 0 Å². The first-order valence-corrected chi connectivity index (χ1v) is 7.71. The maximum Gasteiger partial charge on any atom is 0.250 e. The summed E-state index contributed by atoms with van der Waals surface area (Å²) in [6, 6.07) is 1.55. The molecule has 7 nitrogen and oxygen atoms in total. The van der Waals surface area contributed by atoms with Crippen molar-refractivity contribution in [2.24, 2.45) is 5.73 Å². The van der Waals surface area contributed by atoms with Gasteiger partial charge in [-0.1, -0.05) is 11.6 Å². The molecule has 0 spiro atoms. The van der Waals surface area contributed by atoms with Crippen molar-refractivity contribution in [1.82, 2.24) is 14.8 Å². The average molecular weight is 336 g/mol. The molecule has 0 aromatic carbocycles. The molecule has 1 atom stereocenters. The Morgan fingerprint density at radius 3 is 3.00 bits per heavy atom. The van der Waals surface area contributed by atoms with Crippen LogP contribution >= 0.6 is 11.6 Å². The predicted octanol–water partition coefficient (Wildman–Crippen LogP) is 1.24. The van der Waals surface area contributed by atoms with Crippen LogP contribution in [-0.4, -0.2) is 46.5 Å². The number of rotatable bonds is 4. The number of carbonyl (C=O) groups excluding carboxylic acids is 1. The van der Waals surface area contributed by atoms with E-state index in [9.17, 15) is 4.79 Å². The van der Waals surface area contributed by atoms with Crippen LogP contribution in [0.25, 0.3) is 0 Å². The molecule has 0 bridgehead atoms. The highest BCUT2D eigenvalue weighted by Gasteiger charge is 2.24. The zero-order valence-corrected chi connectivity index (χ0v) is 13.5. The van der Waals surface area contributed by atoms with E-state index < -0.39 is 5.91 Å². The second-order valence-electron chi connectivity index (χ2n) is 5.57. The molecule has 8 heteroatoms. The fourth-order valence-electron chi connectivity index (χ4n) is 2.60. The van der Waals surface area contributed by atoms with E-state index in [2.05, 4.69) is 15.0 Å².